The Morgan fingerprint density at radius 1 is 1.24 bits per heavy atom. The number of nitrogens with two attached hydrogens (primary N) is 1. The summed E-state index contributed by atoms with van der Waals surface area (Å²) in [5, 5.41) is 0. The molecule has 0 radical (unpaired) electrons. The normalized spacial score (nSPS) is 10.9. The summed E-state index contributed by atoms with van der Waals surface area (Å²) in [6.45, 7) is 7.00. The van der Waals surface area contributed by atoms with Crippen LogP contribution in [0, 0.1) is 0 Å². The molecule has 134 valence electrons. The average molecular weight is 342 g/mol. The molecule has 1 aromatic heterocycles. The van der Waals surface area contributed by atoms with Gasteiger partial charge in [0, 0.05) is 42.2 Å². The number of nitrogen functional groups attached to an aromatic ring is 1. The number of aryl methyl sites for hydroxylation is 1. The summed E-state index contributed by atoms with van der Waals surface area (Å²) in [7, 11) is 0. The van der Waals surface area contributed by atoms with E-state index in [0.29, 0.717) is 42.8 Å². The number of rotatable bonds is 8. The van der Waals surface area contributed by atoms with Crippen molar-refractivity contribution < 1.29 is 14.3 Å². The summed E-state index contributed by atoms with van der Waals surface area (Å²) in [5.74, 6) is 0.0151. The van der Waals surface area contributed by atoms with Crippen LogP contribution in [0.25, 0.3) is 0 Å². The highest BCUT2D eigenvalue weighted by Gasteiger charge is 2.18. The fourth-order valence-electron chi connectivity index (χ4n) is 2.78. The van der Waals surface area contributed by atoms with Gasteiger partial charge in [-0.25, -0.2) is 0 Å². The third-order valence-electron chi connectivity index (χ3n) is 4.03. The van der Waals surface area contributed by atoms with E-state index >= 15 is 0 Å². The zero-order valence-corrected chi connectivity index (χ0v) is 15.1. The molecule has 2 N–H and O–H groups in total. The van der Waals surface area contributed by atoms with Gasteiger partial charge in [-0.1, -0.05) is 26.0 Å². The zero-order chi connectivity index (χ0) is 18.4. The third-order valence-corrected chi connectivity index (χ3v) is 4.03. The second-order valence-electron chi connectivity index (χ2n) is 6.38. The average Bonchev–Trinajstić information content (AvgIpc) is 2.99. The van der Waals surface area contributed by atoms with Crippen LogP contribution in [0.5, 0.6) is 0 Å². The van der Waals surface area contributed by atoms with Crippen LogP contribution in [0.4, 0.5) is 5.69 Å². The number of hydrogen-bond acceptors (Lipinski definition) is 4. The topological polar surface area (TPSA) is 74.3 Å². The van der Waals surface area contributed by atoms with Crippen LogP contribution in [0.3, 0.4) is 0 Å². The van der Waals surface area contributed by atoms with Gasteiger partial charge in [-0.2, -0.15) is 0 Å². The van der Waals surface area contributed by atoms with Gasteiger partial charge in [-0.15, -0.1) is 0 Å². The van der Waals surface area contributed by atoms with E-state index in [-0.39, 0.29) is 17.7 Å². The van der Waals surface area contributed by atoms with E-state index in [4.69, 9.17) is 10.5 Å². The van der Waals surface area contributed by atoms with Gasteiger partial charge >= 0.3 is 5.97 Å². The molecule has 1 aromatic carbocycles. The number of hydrogen-bond donors (Lipinski definition) is 1. The lowest BCUT2D eigenvalue weighted by atomic mass is 9.96. The summed E-state index contributed by atoms with van der Waals surface area (Å²) >= 11 is 0. The van der Waals surface area contributed by atoms with Crippen LogP contribution in [0.2, 0.25) is 0 Å². The molecule has 0 aliphatic heterocycles. The number of esters is 1. The lowest BCUT2D eigenvalue weighted by molar-refractivity contribution is -0.143. The van der Waals surface area contributed by atoms with E-state index in [1.54, 1.807) is 31.2 Å². The maximum absolute atomic E-state index is 12.9. The summed E-state index contributed by atoms with van der Waals surface area (Å²) < 4.78 is 6.92. The molecule has 0 bridgehead atoms. The number of nitrogens with zero attached hydrogens (tertiary/aromatic N) is 1. The largest absolute Gasteiger partial charge is 0.466 e. The first-order valence-electron chi connectivity index (χ1n) is 8.68. The minimum atomic E-state index is -0.185. The molecule has 0 unspecified atom stereocenters. The van der Waals surface area contributed by atoms with Crippen molar-refractivity contribution in [3.63, 3.8) is 0 Å². The van der Waals surface area contributed by atoms with Crippen LogP contribution in [-0.4, -0.2) is 22.9 Å². The van der Waals surface area contributed by atoms with Crippen molar-refractivity contribution in [2.75, 3.05) is 12.3 Å². The summed E-state index contributed by atoms with van der Waals surface area (Å²) in [6, 6.07) is 7.03. The number of carbonyl (C=O) groups is 2. The predicted octanol–water partition coefficient (Wildman–Crippen LogP) is 3.77. The maximum Gasteiger partial charge on any atom is 0.305 e. The number of anilines is 1. The Morgan fingerprint density at radius 3 is 2.64 bits per heavy atom. The Hall–Kier alpha value is -2.56. The number of benzene rings is 1. The molecule has 25 heavy (non-hydrogen) atoms. The molecule has 1 heterocycles. The lowest BCUT2D eigenvalue weighted by Gasteiger charge is -2.06. The fourth-order valence-corrected chi connectivity index (χ4v) is 2.78. The minimum Gasteiger partial charge on any atom is -0.466 e. The van der Waals surface area contributed by atoms with Crippen LogP contribution >= 0.6 is 0 Å². The summed E-state index contributed by atoms with van der Waals surface area (Å²) in [4.78, 5) is 24.3. The highest BCUT2D eigenvalue weighted by molar-refractivity contribution is 6.10. The van der Waals surface area contributed by atoms with Crippen molar-refractivity contribution in [3.05, 3.63) is 53.3 Å². The van der Waals surface area contributed by atoms with E-state index in [1.165, 1.54) is 0 Å². The lowest BCUT2D eigenvalue weighted by Crippen LogP contribution is -2.06. The third kappa shape index (κ3) is 4.95. The number of ether oxygens (including phenoxy) is 1. The first-order chi connectivity index (χ1) is 11.9. The monoisotopic (exact) mass is 342 g/mol. The highest BCUT2D eigenvalue weighted by Crippen LogP contribution is 2.24. The standard InChI is InChI=1S/C20H26N2O3/c1-4-25-19(23)9-6-10-22-12-17(14(2)3)18(13-22)20(24)15-7-5-8-16(21)11-15/h5,7-8,11-14H,4,6,9-10,21H2,1-3H3. The van der Waals surface area contributed by atoms with Gasteiger partial charge in [-0.05, 0) is 37.0 Å². The second kappa shape index (κ2) is 8.51. The van der Waals surface area contributed by atoms with E-state index in [1.807, 2.05) is 17.0 Å². The smallest absolute Gasteiger partial charge is 0.305 e. The second-order valence-corrected chi connectivity index (χ2v) is 6.38. The summed E-state index contributed by atoms with van der Waals surface area (Å²) in [6.07, 6.45) is 4.92. The predicted molar refractivity (Wildman–Crippen MR) is 98.7 cm³/mol. The van der Waals surface area contributed by atoms with Crippen molar-refractivity contribution in [2.24, 2.45) is 0 Å². The van der Waals surface area contributed by atoms with Crippen LogP contribution in [-0.2, 0) is 16.1 Å². The van der Waals surface area contributed by atoms with Crippen LogP contribution in [0.1, 0.15) is 61.0 Å². The van der Waals surface area contributed by atoms with E-state index < -0.39 is 0 Å². The van der Waals surface area contributed by atoms with Crippen LogP contribution in [0.15, 0.2) is 36.7 Å². The maximum atomic E-state index is 12.9. The quantitative estimate of drug-likeness (QED) is 0.450. The molecule has 5 nitrogen and oxygen atoms in total. The van der Waals surface area contributed by atoms with Crippen molar-refractivity contribution in [1.29, 1.82) is 0 Å². The van der Waals surface area contributed by atoms with E-state index in [9.17, 15) is 9.59 Å². The zero-order valence-electron chi connectivity index (χ0n) is 15.1. The molecule has 0 spiro atoms. The Morgan fingerprint density at radius 2 is 2.00 bits per heavy atom. The Kier molecular flexibility index (Phi) is 6.39. The molecular weight excluding hydrogens is 316 g/mol. The molecule has 0 fully saturated rings. The van der Waals surface area contributed by atoms with Crippen molar-refractivity contribution >= 4 is 17.4 Å². The van der Waals surface area contributed by atoms with Gasteiger partial charge < -0.3 is 15.0 Å². The molecule has 0 amide bonds. The summed E-state index contributed by atoms with van der Waals surface area (Å²) in [5.41, 5.74) is 8.65. The number of aromatic nitrogens is 1. The van der Waals surface area contributed by atoms with Gasteiger partial charge in [0.05, 0.1) is 6.61 Å². The van der Waals surface area contributed by atoms with Crippen LogP contribution < -0.4 is 5.73 Å². The number of ketones is 1. The molecule has 0 aliphatic carbocycles. The van der Waals surface area contributed by atoms with E-state index in [0.717, 1.165) is 5.56 Å². The Balaban J connectivity index is 2.16. The highest BCUT2D eigenvalue weighted by atomic mass is 16.5. The Labute approximate surface area is 148 Å². The molecule has 0 atom stereocenters. The van der Waals surface area contributed by atoms with Crippen molar-refractivity contribution in [1.82, 2.24) is 4.57 Å². The van der Waals surface area contributed by atoms with Gasteiger partial charge in [0.2, 0.25) is 0 Å². The van der Waals surface area contributed by atoms with Gasteiger partial charge in [-0.3, -0.25) is 9.59 Å². The molecule has 2 rings (SSSR count). The first kappa shape index (κ1) is 18.8. The molecule has 2 aromatic rings. The minimum absolute atomic E-state index is 0.0276. The molecule has 0 saturated carbocycles. The first-order valence-corrected chi connectivity index (χ1v) is 8.68. The molecular formula is C20H26N2O3. The van der Waals surface area contributed by atoms with Gasteiger partial charge in [0.15, 0.2) is 5.78 Å². The molecule has 5 heteroatoms. The van der Waals surface area contributed by atoms with Crippen molar-refractivity contribution in [2.45, 2.75) is 46.1 Å². The SMILES string of the molecule is CCOC(=O)CCCn1cc(C(=O)c2cccc(N)c2)c(C(C)C)c1. The Bertz CT molecular complexity index is 747. The molecule has 0 saturated heterocycles. The van der Waals surface area contributed by atoms with E-state index in [2.05, 4.69) is 13.8 Å². The van der Waals surface area contributed by atoms with Gasteiger partial charge in [0.25, 0.3) is 0 Å². The fraction of sp³-hybridized carbons (Fsp3) is 0.400. The molecule has 0 aliphatic rings. The van der Waals surface area contributed by atoms with Crippen molar-refractivity contribution in [3.8, 4) is 0 Å². The van der Waals surface area contributed by atoms with Gasteiger partial charge in [0.1, 0.15) is 0 Å². The number of carbonyl (C=O) groups excluding carboxylic acids is 2.